The van der Waals surface area contributed by atoms with Crippen molar-refractivity contribution >= 4 is 17.7 Å². The maximum atomic E-state index is 12.8. The van der Waals surface area contributed by atoms with E-state index in [-0.39, 0.29) is 12.3 Å². The molecular formula is C19H17NO5. The van der Waals surface area contributed by atoms with E-state index >= 15 is 0 Å². The van der Waals surface area contributed by atoms with Crippen molar-refractivity contribution in [1.82, 2.24) is 5.06 Å². The second-order valence-corrected chi connectivity index (χ2v) is 5.74. The molecule has 0 spiro atoms. The predicted octanol–water partition coefficient (Wildman–Crippen LogP) is 2.64. The van der Waals surface area contributed by atoms with Gasteiger partial charge in [0.15, 0.2) is 5.78 Å². The summed E-state index contributed by atoms with van der Waals surface area (Å²) in [4.78, 5) is 40.5. The van der Waals surface area contributed by atoms with Gasteiger partial charge in [-0.15, -0.1) is 0 Å². The standard InChI is InChI=1S/C19H17NO5/c1-12(21)20(25-13(2)22)10-14-7-8-18-17(9-14)19(23)16-6-4-3-5-15(16)11-24-18/h3-9H,10-11H2,1-2H3. The van der Waals surface area contributed by atoms with E-state index in [1.165, 1.54) is 13.8 Å². The van der Waals surface area contributed by atoms with Gasteiger partial charge >= 0.3 is 5.97 Å². The molecule has 128 valence electrons. The molecule has 0 saturated heterocycles. The third kappa shape index (κ3) is 3.52. The molecule has 0 unspecified atom stereocenters. The number of ether oxygens (including phenoxy) is 1. The summed E-state index contributed by atoms with van der Waals surface area (Å²) in [6.45, 7) is 2.90. The van der Waals surface area contributed by atoms with Crippen molar-refractivity contribution in [2.45, 2.75) is 27.0 Å². The Balaban J connectivity index is 1.93. The maximum absolute atomic E-state index is 12.8. The molecule has 6 heteroatoms. The van der Waals surface area contributed by atoms with Gasteiger partial charge in [0, 0.05) is 25.0 Å². The molecule has 0 radical (unpaired) electrons. The van der Waals surface area contributed by atoms with Crippen LogP contribution in [-0.4, -0.2) is 22.7 Å². The van der Waals surface area contributed by atoms with Crippen molar-refractivity contribution in [1.29, 1.82) is 0 Å². The number of nitrogens with zero attached hydrogens (tertiary/aromatic N) is 1. The van der Waals surface area contributed by atoms with Crippen LogP contribution < -0.4 is 4.74 Å². The van der Waals surface area contributed by atoms with E-state index in [0.717, 1.165) is 10.6 Å². The van der Waals surface area contributed by atoms with Gasteiger partial charge in [0.1, 0.15) is 12.4 Å². The topological polar surface area (TPSA) is 72.9 Å². The minimum Gasteiger partial charge on any atom is -0.488 e. The Morgan fingerprint density at radius 1 is 1.12 bits per heavy atom. The summed E-state index contributed by atoms with van der Waals surface area (Å²) in [5.41, 5.74) is 2.51. The fraction of sp³-hybridized carbons (Fsp3) is 0.211. The lowest BCUT2D eigenvalue weighted by atomic mass is 9.98. The van der Waals surface area contributed by atoms with Gasteiger partial charge in [-0.1, -0.05) is 30.3 Å². The van der Waals surface area contributed by atoms with Crippen molar-refractivity contribution in [2.75, 3.05) is 0 Å². The summed E-state index contributed by atoms with van der Waals surface area (Å²) in [5.74, 6) is -0.630. The molecule has 0 bridgehead atoms. The number of hydrogen-bond acceptors (Lipinski definition) is 5. The predicted molar refractivity (Wildman–Crippen MR) is 88.6 cm³/mol. The first-order chi connectivity index (χ1) is 12.0. The molecule has 2 aromatic carbocycles. The maximum Gasteiger partial charge on any atom is 0.329 e. The highest BCUT2D eigenvalue weighted by molar-refractivity contribution is 6.12. The lowest BCUT2D eigenvalue weighted by Crippen LogP contribution is -2.30. The third-order valence-electron chi connectivity index (χ3n) is 3.85. The Hall–Kier alpha value is -3.15. The molecule has 0 fully saturated rings. The summed E-state index contributed by atoms with van der Waals surface area (Å²) >= 11 is 0. The van der Waals surface area contributed by atoms with Gasteiger partial charge in [0.2, 0.25) is 0 Å². The number of benzene rings is 2. The molecule has 0 saturated carbocycles. The van der Waals surface area contributed by atoms with E-state index in [4.69, 9.17) is 9.57 Å². The number of carbonyl (C=O) groups is 3. The van der Waals surface area contributed by atoms with Crippen LogP contribution in [0.4, 0.5) is 0 Å². The molecule has 3 rings (SSSR count). The zero-order chi connectivity index (χ0) is 18.0. The van der Waals surface area contributed by atoms with Crippen molar-refractivity contribution in [2.24, 2.45) is 0 Å². The highest BCUT2D eigenvalue weighted by Gasteiger charge is 2.23. The Bertz CT molecular complexity index is 859. The quantitative estimate of drug-likeness (QED) is 0.787. The molecule has 2 aromatic rings. The molecule has 1 amide bonds. The van der Waals surface area contributed by atoms with E-state index < -0.39 is 11.9 Å². The Morgan fingerprint density at radius 2 is 1.88 bits per heavy atom. The number of hydrogen-bond donors (Lipinski definition) is 0. The molecular weight excluding hydrogens is 322 g/mol. The average molecular weight is 339 g/mol. The van der Waals surface area contributed by atoms with Crippen molar-refractivity contribution < 1.29 is 24.0 Å². The Morgan fingerprint density at radius 3 is 2.60 bits per heavy atom. The smallest absolute Gasteiger partial charge is 0.329 e. The lowest BCUT2D eigenvalue weighted by Gasteiger charge is -2.19. The second-order valence-electron chi connectivity index (χ2n) is 5.74. The monoisotopic (exact) mass is 339 g/mol. The number of hydroxylamine groups is 2. The second kappa shape index (κ2) is 6.76. The zero-order valence-electron chi connectivity index (χ0n) is 13.9. The van der Waals surface area contributed by atoms with Crippen LogP contribution in [0.5, 0.6) is 5.75 Å². The zero-order valence-corrected chi connectivity index (χ0v) is 13.9. The first-order valence-electron chi connectivity index (χ1n) is 7.80. The fourth-order valence-electron chi connectivity index (χ4n) is 2.68. The van der Waals surface area contributed by atoms with Crippen molar-refractivity contribution in [3.05, 3.63) is 64.7 Å². The lowest BCUT2D eigenvalue weighted by molar-refractivity contribution is -0.197. The van der Waals surface area contributed by atoms with Gasteiger partial charge in [-0.3, -0.25) is 14.4 Å². The molecule has 6 nitrogen and oxygen atoms in total. The molecule has 1 aliphatic heterocycles. The van der Waals surface area contributed by atoms with E-state index in [1.807, 2.05) is 18.2 Å². The number of carbonyl (C=O) groups excluding carboxylic acids is 3. The van der Waals surface area contributed by atoms with Crippen LogP contribution in [0.2, 0.25) is 0 Å². The van der Waals surface area contributed by atoms with Crippen molar-refractivity contribution in [3.63, 3.8) is 0 Å². The van der Waals surface area contributed by atoms with Gasteiger partial charge in [0.25, 0.3) is 5.91 Å². The van der Waals surface area contributed by atoms with Crippen LogP contribution in [0.15, 0.2) is 42.5 Å². The first-order valence-corrected chi connectivity index (χ1v) is 7.80. The average Bonchev–Trinajstić information content (AvgIpc) is 2.72. The van der Waals surface area contributed by atoms with Gasteiger partial charge < -0.3 is 9.57 Å². The minimum absolute atomic E-state index is 0.0527. The molecule has 0 atom stereocenters. The summed E-state index contributed by atoms with van der Waals surface area (Å²) < 4.78 is 5.73. The van der Waals surface area contributed by atoms with Gasteiger partial charge in [0.05, 0.1) is 12.1 Å². The molecule has 1 heterocycles. The number of ketones is 1. The van der Waals surface area contributed by atoms with Crippen LogP contribution in [-0.2, 0) is 27.6 Å². The molecule has 0 aromatic heterocycles. The summed E-state index contributed by atoms with van der Waals surface area (Å²) in [6.07, 6.45) is 0. The van der Waals surface area contributed by atoms with Crippen molar-refractivity contribution in [3.8, 4) is 5.75 Å². The normalized spacial score (nSPS) is 12.3. The molecule has 1 aliphatic rings. The van der Waals surface area contributed by atoms with E-state index in [0.29, 0.717) is 29.0 Å². The third-order valence-corrected chi connectivity index (χ3v) is 3.85. The molecule has 25 heavy (non-hydrogen) atoms. The van der Waals surface area contributed by atoms with Crippen LogP contribution in [0.3, 0.4) is 0 Å². The van der Waals surface area contributed by atoms with Crippen LogP contribution in [0.25, 0.3) is 0 Å². The number of rotatable bonds is 2. The van der Waals surface area contributed by atoms with Gasteiger partial charge in [-0.2, -0.15) is 5.06 Å². The highest BCUT2D eigenvalue weighted by atomic mass is 16.7. The minimum atomic E-state index is -0.585. The first kappa shape index (κ1) is 16.7. The summed E-state index contributed by atoms with van der Waals surface area (Å²) in [5, 5.41) is 0.958. The summed E-state index contributed by atoms with van der Waals surface area (Å²) in [6, 6.07) is 12.4. The van der Waals surface area contributed by atoms with E-state index in [2.05, 4.69) is 0 Å². The highest BCUT2D eigenvalue weighted by Crippen LogP contribution is 2.29. The Labute approximate surface area is 144 Å². The number of amides is 1. The largest absolute Gasteiger partial charge is 0.488 e. The Kier molecular flexibility index (Phi) is 4.52. The van der Waals surface area contributed by atoms with Crippen LogP contribution in [0, 0.1) is 0 Å². The fourth-order valence-corrected chi connectivity index (χ4v) is 2.68. The van der Waals surface area contributed by atoms with E-state index in [9.17, 15) is 14.4 Å². The van der Waals surface area contributed by atoms with Gasteiger partial charge in [-0.05, 0) is 17.7 Å². The van der Waals surface area contributed by atoms with Crippen LogP contribution >= 0.6 is 0 Å². The van der Waals surface area contributed by atoms with Crippen LogP contribution in [0.1, 0.15) is 40.9 Å². The molecule has 0 N–H and O–H groups in total. The molecule has 0 aliphatic carbocycles. The SMILES string of the molecule is CC(=O)ON(Cc1ccc2c(c1)C(=O)c1ccccc1CO2)C(C)=O. The number of fused-ring (bicyclic) bond motifs is 2. The summed E-state index contributed by atoms with van der Waals surface area (Å²) in [7, 11) is 0. The van der Waals surface area contributed by atoms with E-state index in [1.54, 1.807) is 24.3 Å². The van der Waals surface area contributed by atoms with Gasteiger partial charge in [-0.25, -0.2) is 0 Å².